The quantitative estimate of drug-likeness (QED) is 0.393. The van der Waals surface area contributed by atoms with Crippen LogP contribution in [0.15, 0.2) is 53.9 Å². The van der Waals surface area contributed by atoms with Gasteiger partial charge in [-0.2, -0.15) is 0 Å². The largest absolute Gasteiger partial charge is 0.330 e. The fraction of sp³-hybridized carbons (Fsp3) is 0.308. The van der Waals surface area contributed by atoms with Crippen molar-refractivity contribution >= 4 is 46.4 Å². The van der Waals surface area contributed by atoms with Crippen molar-refractivity contribution in [2.75, 3.05) is 19.6 Å². The van der Waals surface area contributed by atoms with E-state index in [1.165, 1.54) is 4.88 Å². The van der Waals surface area contributed by atoms with Gasteiger partial charge in [0.05, 0.1) is 6.04 Å². The minimum Gasteiger partial charge on any atom is -0.330 e. The summed E-state index contributed by atoms with van der Waals surface area (Å²) in [6.45, 7) is 5.12. The van der Waals surface area contributed by atoms with Crippen molar-refractivity contribution in [3.63, 3.8) is 0 Å². The number of fused-ring (bicyclic) bond motifs is 1. The monoisotopic (exact) mass is 500 g/mol. The molecule has 0 radical (unpaired) electrons. The highest BCUT2D eigenvalue weighted by Gasteiger charge is 2.35. The number of rotatable bonds is 6. The average molecular weight is 501 g/mol. The van der Waals surface area contributed by atoms with Crippen LogP contribution in [0.2, 0.25) is 10.0 Å². The molecule has 1 unspecified atom stereocenters. The maximum atomic E-state index is 13.6. The molecule has 0 N–H and O–H groups in total. The lowest BCUT2D eigenvalue weighted by Crippen LogP contribution is -2.47. The van der Waals surface area contributed by atoms with Gasteiger partial charge in [0.15, 0.2) is 0 Å². The van der Waals surface area contributed by atoms with E-state index < -0.39 is 0 Å². The van der Waals surface area contributed by atoms with Crippen LogP contribution in [-0.4, -0.2) is 41.2 Å². The van der Waals surface area contributed by atoms with Gasteiger partial charge in [-0.05, 0) is 66.6 Å². The summed E-state index contributed by atoms with van der Waals surface area (Å²) in [6.07, 6.45) is 1.56. The van der Waals surface area contributed by atoms with Crippen LogP contribution in [0, 0.1) is 6.92 Å². The molecule has 0 saturated heterocycles. The van der Waals surface area contributed by atoms with E-state index in [2.05, 4.69) is 11.4 Å². The first-order chi connectivity index (χ1) is 15.9. The second kappa shape index (κ2) is 10.3. The Balaban J connectivity index is 1.63. The summed E-state index contributed by atoms with van der Waals surface area (Å²) in [5, 5.41) is 3.14. The second-order valence-corrected chi connectivity index (χ2v) is 10.1. The zero-order valence-electron chi connectivity index (χ0n) is 18.7. The number of carbonyl (C=O) groups excluding carboxylic acids is 2. The van der Waals surface area contributed by atoms with E-state index in [0.29, 0.717) is 28.7 Å². The predicted octanol–water partition coefficient (Wildman–Crippen LogP) is 6.39. The normalized spacial score (nSPS) is 15.3. The van der Waals surface area contributed by atoms with Gasteiger partial charge in [0.2, 0.25) is 5.91 Å². The Morgan fingerprint density at radius 1 is 1.09 bits per heavy atom. The molecule has 4 nitrogen and oxygen atoms in total. The van der Waals surface area contributed by atoms with E-state index in [4.69, 9.17) is 23.2 Å². The van der Waals surface area contributed by atoms with Crippen LogP contribution in [0.3, 0.4) is 0 Å². The molecule has 3 aromatic rings. The topological polar surface area (TPSA) is 40.6 Å². The summed E-state index contributed by atoms with van der Waals surface area (Å²) >= 11 is 14.4. The molecule has 4 rings (SSSR count). The first-order valence-corrected chi connectivity index (χ1v) is 12.7. The molecule has 1 aliphatic rings. The number of nitrogens with zero attached hydrogens (tertiary/aromatic N) is 2. The van der Waals surface area contributed by atoms with Crippen molar-refractivity contribution in [1.29, 1.82) is 0 Å². The average Bonchev–Trinajstić information content (AvgIpc) is 3.27. The number of benzene rings is 2. The Hall–Kier alpha value is -2.34. The van der Waals surface area contributed by atoms with Gasteiger partial charge in [-0.25, -0.2) is 0 Å². The Morgan fingerprint density at radius 3 is 2.55 bits per heavy atom. The Labute approximate surface area is 208 Å². The minimum absolute atomic E-state index is 0.0295. The zero-order valence-corrected chi connectivity index (χ0v) is 21.0. The van der Waals surface area contributed by atoms with E-state index in [1.54, 1.807) is 28.4 Å². The summed E-state index contributed by atoms with van der Waals surface area (Å²) in [7, 11) is 0. The molecule has 1 aromatic heterocycles. The summed E-state index contributed by atoms with van der Waals surface area (Å²) in [5.41, 5.74) is 3.63. The van der Waals surface area contributed by atoms with Crippen molar-refractivity contribution in [2.24, 2.45) is 0 Å². The van der Waals surface area contributed by atoms with Crippen LogP contribution in [0.25, 0.3) is 0 Å². The SMILES string of the molecule is CCCN(CC(=O)N1CCc2sccc2C1c1ccc(Cl)cc1Cl)C(=O)c1ccc(C)cc1. The number of hydrogen-bond acceptors (Lipinski definition) is 3. The highest BCUT2D eigenvalue weighted by Crippen LogP contribution is 2.41. The van der Waals surface area contributed by atoms with Gasteiger partial charge < -0.3 is 9.80 Å². The van der Waals surface area contributed by atoms with E-state index in [9.17, 15) is 9.59 Å². The van der Waals surface area contributed by atoms with Crippen molar-refractivity contribution in [3.8, 4) is 0 Å². The first-order valence-electron chi connectivity index (χ1n) is 11.1. The van der Waals surface area contributed by atoms with Gasteiger partial charge in [0.25, 0.3) is 5.91 Å². The Kier molecular flexibility index (Phi) is 7.42. The van der Waals surface area contributed by atoms with E-state index in [1.807, 2.05) is 49.1 Å². The third-order valence-electron chi connectivity index (χ3n) is 5.95. The number of halogens is 2. The van der Waals surface area contributed by atoms with Crippen LogP contribution >= 0.6 is 34.5 Å². The molecular formula is C26H26Cl2N2O2S. The molecule has 0 saturated carbocycles. The molecule has 0 fully saturated rings. The summed E-state index contributed by atoms with van der Waals surface area (Å²) < 4.78 is 0. The van der Waals surface area contributed by atoms with Gasteiger partial charge in [0.1, 0.15) is 6.54 Å². The summed E-state index contributed by atoms with van der Waals surface area (Å²) in [5.74, 6) is -0.212. The fourth-order valence-electron chi connectivity index (χ4n) is 4.30. The number of thiophene rings is 1. The molecule has 1 aliphatic heterocycles. The van der Waals surface area contributed by atoms with E-state index >= 15 is 0 Å². The molecule has 2 aromatic carbocycles. The predicted molar refractivity (Wildman–Crippen MR) is 135 cm³/mol. The lowest BCUT2D eigenvalue weighted by Gasteiger charge is -2.38. The third kappa shape index (κ3) is 5.11. The minimum atomic E-state index is -0.296. The molecule has 2 amide bonds. The Morgan fingerprint density at radius 2 is 1.85 bits per heavy atom. The third-order valence-corrected chi connectivity index (χ3v) is 7.51. The zero-order chi connectivity index (χ0) is 23.5. The molecule has 0 bridgehead atoms. The van der Waals surface area contributed by atoms with E-state index in [-0.39, 0.29) is 24.4 Å². The van der Waals surface area contributed by atoms with Crippen molar-refractivity contribution in [1.82, 2.24) is 9.80 Å². The molecular weight excluding hydrogens is 475 g/mol. The standard InChI is InChI=1S/C26H26Cl2N2O2S/c1-3-12-29(26(32)18-6-4-17(2)5-7-18)16-24(31)30-13-10-23-21(11-14-33-23)25(30)20-9-8-19(27)15-22(20)28/h4-9,11,14-15,25H,3,10,12-13,16H2,1-2H3. The van der Waals surface area contributed by atoms with Gasteiger partial charge >= 0.3 is 0 Å². The fourth-order valence-corrected chi connectivity index (χ4v) is 5.71. The second-order valence-electron chi connectivity index (χ2n) is 8.30. The summed E-state index contributed by atoms with van der Waals surface area (Å²) in [4.78, 5) is 31.6. The van der Waals surface area contributed by atoms with Gasteiger partial charge in [-0.1, -0.05) is 53.9 Å². The van der Waals surface area contributed by atoms with Crippen LogP contribution in [-0.2, 0) is 11.2 Å². The van der Waals surface area contributed by atoms with Crippen LogP contribution in [0.4, 0.5) is 0 Å². The van der Waals surface area contributed by atoms with Crippen LogP contribution in [0.1, 0.15) is 51.3 Å². The molecule has 1 atom stereocenters. The van der Waals surface area contributed by atoms with Gasteiger partial charge in [0, 0.05) is 33.6 Å². The van der Waals surface area contributed by atoms with Crippen molar-refractivity contribution in [3.05, 3.63) is 91.1 Å². The summed E-state index contributed by atoms with van der Waals surface area (Å²) in [6, 6.07) is 14.7. The number of amides is 2. The van der Waals surface area contributed by atoms with Gasteiger partial charge in [-0.15, -0.1) is 11.3 Å². The molecule has 0 aliphatic carbocycles. The maximum Gasteiger partial charge on any atom is 0.254 e. The highest BCUT2D eigenvalue weighted by molar-refractivity contribution is 7.10. The van der Waals surface area contributed by atoms with Crippen molar-refractivity contribution < 1.29 is 9.59 Å². The lowest BCUT2D eigenvalue weighted by atomic mass is 9.93. The molecule has 0 spiro atoms. The molecule has 172 valence electrons. The number of aryl methyl sites for hydroxylation is 1. The van der Waals surface area contributed by atoms with Crippen LogP contribution < -0.4 is 0 Å². The maximum absolute atomic E-state index is 13.6. The highest BCUT2D eigenvalue weighted by atomic mass is 35.5. The first kappa shape index (κ1) is 23.8. The molecule has 7 heteroatoms. The lowest BCUT2D eigenvalue weighted by molar-refractivity contribution is -0.134. The number of carbonyl (C=O) groups is 2. The molecule has 33 heavy (non-hydrogen) atoms. The smallest absolute Gasteiger partial charge is 0.254 e. The van der Waals surface area contributed by atoms with E-state index in [0.717, 1.165) is 29.5 Å². The molecule has 2 heterocycles. The van der Waals surface area contributed by atoms with Gasteiger partial charge in [-0.3, -0.25) is 9.59 Å². The Bertz CT molecular complexity index is 1160. The van der Waals surface area contributed by atoms with Crippen LogP contribution in [0.5, 0.6) is 0 Å². The van der Waals surface area contributed by atoms with Crippen molar-refractivity contribution in [2.45, 2.75) is 32.7 Å². The number of hydrogen-bond donors (Lipinski definition) is 0.